The molecule has 0 aliphatic carbocycles. The van der Waals surface area contributed by atoms with Gasteiger partial charge in [-0.1, -0.05) is 30.3 Å². The fraction of sp³-hybridized carbons (Fsp3) is 0.294. The third-order valence-corrected chi connectivity index (χ3v) is 4.29. The van der Waals surface area contributed by atoms with E-state index in [2.05, 4.69) is 60.6 Å². The molecular formula is C17H19N7. The highest BCUT2D eigenvalue weighted by molar-refractivity contribution is 5.35. The Balaban J connectivity index is 1.34. The average Bonchev–Trinajstić information content (AvgIpc) is 3.15. The Hall–Kier alpha value is -2.80. The van der Waals surface area contributed by atoms with Crippen LogP contribution in [0.3, 0.4) is 0 Å². The Kier molecular flexibility index (Phi) is 4.16. The molecule has 1 unspecified atom stereocenters. The summed E-state index contributed by atoms with van der Waals surface area (Å²) >= 11 is 0. The molecule has 1 fully saturated rings. The molecule has 0 saturated carbocycles. The highest BCUT2D eigenvalue weighted by Gasteiger charge is 2.27. The van der Waals surface area contributed by atoms with Crippen LogP contribution in [0.2, 0.25) is 0 Å². The molecule has 7 nitrogen and oxygen atoms in total. The van der Waals surface area contributed by atoms with Gasteiger partial charge in [-0.25, -0.2) is 14.6 Å². The van der Waals surface area contributed by atoms with Gasteiger partial charge in [0.1, 0.15) is 18.5 Å². The van der Waals surface area contributed by atoms with Crippen LogP contribution < -0.4 is 5.32 Å². The van der Waals surface area contributed by atoms with Crippen molar-refractivity contribution in [1.82, 2.24) is 29.6 Å². The molecular weight excluding hydrogens is 302 g/mol. The lowest BCUT2D eigenvalue weighted by molar-refractivity contribution is 0.0912. The number of hydrogen-bond acceptors (Lipinski definition) is 6. The first-order valence-electron chi connectivity index (χ1n) is 8.07. The van der Waals surface area contributed by atoms with Crippen molar-refractivity contribution in [3.8, 4) is 5.82 Å². The molecule has 1 saturated heterocycles. The average molecular weight is 321 g/mol. The maximum Gasteiger partial charge on any atom is 0.175 e. The van der Waals surface area contributed by atoms with E-state index in [1.807, 2.05) is 0 Å². The summed E-state index contributed by atoms with van der Waals surface area (Å²) in [6, 6.07) is 11.1. The molecule has 0 spiro atoms. The van der Waals surface area contributed by atoms with Gasteiger partial charge >= 0.3 is 0 Å². The summed E-state index contributed by atoms with van der Waals surface area (Å²) in [5, 5.41) is 7.46. The zero-order chi connectivity index (χ0) is 16.2. The molecule has 0 amide bonds. The van der Waals surface area contributed by atoms with Crippen LogP contribution in [-0.4, -0.2) is 48.8 Å². The van der Waals surface area contributed by atoms with Gasteiger partial charge in [-0.3, -0.25) is 9.88 Å². The van der Waals surface area contributed by atoms with E-state index in [-0.39, 0.29) is 0 Å². The molecule has 2 aromatic heterocycles. The van der Waals surface area contributed by atoms with Gasteiger partial charge in [-0.2, -0.15) is 5.10 Å². The highest BCUT2D eigenvalue weighted by Crippen LogP contribution is 2.20. The minimum atomic E-state index is 0.530. The van der Waals surface area contributed by atoms with Crippen molar-refractivity contribution in [3.63, 3.8) is 0 Å². The first-order chi connectivity index (χ1) is 11.9. The molecule has 4 rings (SSSR count). The molecule has 1 aromatic carbocycles. The Morgan fingerprint density at radius 3 is 2.79 bits per heavy atom. The number of nitrogens with zero attached hydrogens (tertiary/aromatic N) is 6. The second kappa shape index (κ2) is 6.76. The maximum atomic E-state index is 4.52. The highest BCUT2D eigenvalue weighted by atomic mass is 15.3. The van der Waals surface area contributed by atoms with E-state index in [9.17, 15) is 0 Å². The van der Waals surface area contributed by atoms with Crippen molar-refractivity contribution < 1.29 is 0 Å². The lowest BCUT2D eigenvalue weighted by Gasteiger charge is -2.41. The van der Waals surface area contributed by atoms with Crippen LogP contribution in [0.4, 0.5) is 5.82 Å². The molecule has 1 N–H and O–H groups in total. The summed E-state index contributed by atoms with van der Waals surface area (Å²) in [6.07, 6.45) is 7.71. The third kappa shape index (κ3) is 3.26. The summed E-state index contributed by atoms with van der Waals surface area (Å²) in [7, 11) is 0. The lowest BCUT2D eigenvalue weighted by atomic mass is 10.0. The van der Waals surface area contributed by atoms with Gasteiger partial charge in [0.25, 0.3) is 0 Å². The molecule has 0 radical (unpaired) electrons. The summed E-state index contributed by atoms with van der Waals surface area (Å²) < 4.78 is 1.60. The van der Waals surface area contributed by atoms with E-state index in [0.717, 1.165) is 25.5 Å². The minimum Gasteiger partial charge on any atom is -0.367 e. The summed E-state index contributed by atoms with van der Waals surface area (Å²) in [6.45, 7) is 3.01. The fourth-order valence-electron chi connectivity index (χ4n) is 2.85. The smallest absolute Gasteiger partial charge is 0.175 e. The van der Waals surface area contributed by atoms with E-state index < -0.39 is 0 Å². The number of rotatable bonds is 6. The zero-order valence-corrected chi connectivity index (χ0v) is 13.3. The predicted octanol–water partition coefficient (Wildman–Crippen LogP) is 1.74. The van der Waals surface area contributed by atoms with E-state index >= 15 is 0 Å². The normalized spacial score (nSPS) is 17.4. The Morgan fingerprint density at radius 1 is 1.12 bits per heavy atom. The van der Waals surface area contributed by atoms with Crippen molar-refractivity contribution in [2.45, 2.75) is 19.0 Å². The van der Waals surface area contributed by atoms with Gasteiger partial charge in [0.05, 0.1) is 12.4 Å². The summed E-state index contributed by atoms with van der Waals surface area (Å²) in [5.74, 6) is 1.42. The predicted molar refractivity (Wildman–Crippen MR) is 90.7 cm³/mol. The second-order valence-corrected chi connectivity index (χ2v) is 5.88. The molecule has 1 aliphatic rings. The van der Waals surface area contributed by atoms with Gasteiger partial charge in [0, 0.05) is 25.7 Å². The Labute approximate surface area is 140 Å². The maximum absolute atomic E-state index is 4.52. The van der Waals surface area contributed by atoms with Crippen molar-refractivity contribution in [2.75, 3.05) is 18.4 Å². The number of nitrogens with one attached hydrogen (secondary N) is 1. The first-order valence-corrected chi connectivity index (χ1v) is 8.07. The van der Waals surface area contributed by atoms with Crippen molar-refractivity contribution in [1.29, 1.82) is 0 Å². The van der Waals surface area contributed by atoms with Gasteiger partial charge in [0.2, 0.25) is 0 Å². The molecule has 24 heavy (non-hydrogen) atoms. The molecule has 1 atom stereocenters. The SMILES string of the molecule is c1ccc(CN2CCC2CNc2cncc(-n3cncn3)n2)cc1. The van der Waals surface area contributed by atoms with Gasteiger partial charge in [-0.15, -0.1) is 0 Å². The number of anilines is 1. The Morgan fingerprint density at radius 2 is 2.04 bits per heavy atom. The van der Waals surface area contributed by atoms with Crippen molar-refractivity contribution >= 4 is 5.82 Å². The standard InChI is InChI=1S/C17H19N7/c1-2-4-14(5-3-1)11-23-7-6-15(23)8-20-16-9-18-10-17(22-16)24-13-19-12-21-24/h1-5,9-10,12-13,15H,6-8,11H2,(H,20,22). The van der Waals surface area contributed by atoms with Gasteiger partial charge < -0.3 is 5.32 Å². The lowest BCUT2D eigenvalue weighted by Crippen LogP contribution is -2.50. The topological polar surface area (TPSA) is 71.8 Å². The minimum absolute atomic E-state index is 0.530. The van der Waals surface area contributed by atoms with Crippen LogP contribution >= 0.6 is 0 Å². The largest absolute Gasteiger partial charge is 0.367 e. The number of aromatic nitrogens is 5. The van der Waals surface area contributed by atoms with Crippen LogP contribution in [0, 0.1) is 0 Å². The number of hydrogen-bond donors (Lipinski definition) is 1. The summed E-state index contributed by atoms with van der Waals surface area (Å²) in [5.41, 5.74) is 1.36. The van der Waals surface area contributed by atoms with E-state index in [1.54, 1.807) is 23.4 Å². The molecule has 0 bridgehead atoms. The molecule has 7 heteroatoms. The summed E-state index contributed by atoms with van der Waals surface area (Å²) in [4.78, 5) is 15.2. The van der Waals surface area contributed by atoms with E-state index in [1.165, 1.54) is 18.3 Å². The van der Waals surface area contributed by atoms with Crippen LogP contribution in [0.25, 0.3) is 5.82 Å². The van der Waals surface area contributed by atoms with Crippen LogP contribution in [0.15, 0.2) is 55.4 Å². The van der Waals surface area contributed by atoms with Crippen molar-refractivity contribution in [3.05, 3.63) is 60.9 Å². The number of likely N-dealkylation sites (tertiary alicyclic amines) is 1. The number of benzene rings is 1. The Bertz CT molecular complexity index is 773. The van der Waals surface area contributed by atoms with Crippen LogP contribution in [0.1, 0.15) is 12.0 Å². The van der Waals surface area contributed by atoms with Gasteiger partial charge in [0.15, 0.2) is 5.82 Å². The van der Waals surface area contributed by atoms with Crippen LogP contribution in [0.5, 0.6) is 0 Å². The van der Waals surface area contributed by atoms with Crippen molar-refractivity contribution in [2.24, 2.45) is 0 Å². The van der Waals surface area contributed by atoms with E-state index in [4.69, 9.17) is 0 Å². The second-order valence-electron chi connectivity index (χ2n) is 5.88. The first kappa shape index (κ1) is 14.8. The monoisotopic (exact) mass is 321 g/mol. The van der Waals surface area contributed by atoms with Gasteiger partial charge in [-0.05, 0) is 12.0 Å². The van der Waals surface area contributed by atoms with Crippen LogP contribution in [-0.2, 0) is 6.54 Å². The quantitative estimate of drug-likeness (QED) is 0.746. The van der Waals surface area contributed by atoms with E-state index in [0.29, 0.717) is 11.9 Å². The fourth-order valence-corrected chi connectivity index (χ4v) is 2.85. The molecule has 3 aromatic rings. The molecule has 1 aliphatic heterocycles. The zero-order valence-electron chi connectivity index (χ0n) is 13.3. The molecule has 122 valence electrons. The third-order valence-electron chi connectivity index (χ3n) is 4.29. The molecule has 3 heterocycles.